The Morgan fingerprint density at radius 2 is 1.95 bits per heavy atom. The average Bonchev–Trinajstić information content (AvgIpc) is 2.89. The summed E-state index contributed by atoms with van der Waals surface area (Å²) in [6.07, 6.45) is 0.624. The van der Waals surface area contributed by atoms with Crippen LogP contribution in [0.5, 0.6) is 0 Å². The predicted octanol–water partition coefficient (Wildman–Crippen LogP) is 1.56. The lowest BCUT2D eigenvalue weighted by Crippen LogP contribution is -2.40. The molecule has 1 N–H and O–H groups in total. The highest BCUT2D eigenvalue weighted by Gasteiger charge is 2.37. The molecule has 9 heteroatoms. The fraction of sp³-hybridized carbons (Fsp3) is 0.333. The van der Waals surface area contributed by atoms with E-state index in [1.54, 1.807) is 0 Å². The van der Waals surface area contributed by atoms with Gasteiger partial charge in [0.05, 0.1) is 11.0 Å². The second-order valence-electron chi connectivity index (χ2n) is 4.54. The van der Waals surface area contributed by atoms with Gasteiger partial charge in [0.2, 0.25) is 0 Å². The van der Waals surface area contributed by atoms with Crippen molar-refractivity contribution >= 4 is 17.6 Å². The quantitative estimate of drug-likeness (QED) is 0.674. The third-order valence-corrected chi connectivity index (χ3v) is 3.26. The molecule has 0 saturated carbocycles. The highest BCUT2D eigenvalue weighted by atomic mass is 19.2. The van der Waals surface area contributed by atoms with Crippen molar-refractivity contribution in [1.82, 2.24) is 4.90 Å². The Morgan fingerprint density at radius 1 is 1.33 bits per heavy atom. The molecule has 1 aromatic carbocycles. The molecule has 1 saturated heterocycles. The molecule has 1 fully saturated rings. The summed E-state index contributed by atoms with van der Waals surface area (Å²) in [5, 5.41) is 19.8. The molecule has 0 aliphatic carbocycles. The Kier molecular flexibility index (Phi) is 3.83. The first-order valence-electron chi connectivity index (χ1n) is 6.00. The Labute approximate surface area is 116 Å². The van der Waals surface area contributed by atoms with Gasteiger partial charge in [-0.25, -0.2) is 13.6 Å². The number of carbonyl (C=O) groups excluding carboxylic acids is 1. The minimum atomic E-state index is -1.45. The zero-order valence-corrected chi connectivity index (χ0v) is 10.6. The monoisotopic (exact) mass is 300 g/mol. The van der Waals surface area contributed by atoms with Gasteiger partial charge in [-0.2, -0.15) is 0 Å². The topological polar surface area (TPSA) is 101 Å². The Bertz CT molecular complexity index is 634. The number of nitro benzene ring substituents is 1. The molecule has 0 radical (unpaired) electrons. The fourth-order valence-electron chi connectivity index (χ4n) is 2.28. The summed E-state index contributed by atoms with van der Waals surface area (Å²) in [4.78, 5) is 34.0. The van der Waals surface area contributed by atoms with Gasteiger partial charge in [0, 0.05) is 6.54 Å². The molecule has 0 bridgehead atoms. The van der Waals surface area contributed by atoms with Crippen LogP contribution in [0.25, 0.3) is 0 Å². The number of rotatable bonds is 3. The molecule has 21 heavy (non-hydrogen) atoms. The van der Waals surface area contributed by atoms with Gasteiger partial charge in [-0.15, -0.1) is 0 Å². The zero-order valence-electron chi connectivity index (χ0n) is 10.6. The van der Waals surface area contributed by atoms with Crippen LogP contribution in [0.15, 0.2) is 12.1 Å². The Balaban J connectivity index is 2.45. The number of carbonyl (C=O) groups is 2. The SMILES string of the molecule is O=C(O)C1CCCN1C(=O)c1cc(F)c(F)cc1[N+](=O)[O-]. The first-order valence-corrected chi connectivity index (χ1v) is 6.00. The number of likely N-dealkylation sites (tertiary alicyclic amines) is 1. The minimum absolute atomic E-state index is 0.0892. The van der Waals surface area contributed by atoms with E-state index in [2.05, 4.69) is 0 Å². The molecule has 1 aliphatic heterocycles. The average molecular weight is 300 g/mol. The maximum atomic E-state index is 13.2. The number of halogens is 2. The number of carboxylic acid groups (broad SMARTS) is 1. The van der Waals surface area contributed by atoms with Crippen LogP contribution in [0.2, 0.25) is 0 Å². The van der Waals surface area contributed by atoms with E-state index in [1.807, 2.05) is 0 Å². The van der Waals surface area contributed by atoms with Gasteiger partial charge in [0.15, 0.2) is 11.6 Å². The summed E-state index contributed by atoms with van der Waals surface area (Å²) in [6, 6.07) is -0.383. The second-order valence-corrected chi connectivity index (χ2v) is 4.54. The van der Waals surface area contributed by atoms with Crippen LogP contribution in [-0.2, 0) is 4.79 Å². The van der Waals surface area contributed by atoms with E-state index in [1.165, 1.54) is 0 Å². The Hall–Kier alpha value is -2.58. The molecule has 0 aromatic heterocycles. The van der Waals surface area contributed by atoms with Crippen LogP contribution in [0, 0.1) is 21.7 Å². The molecule has 1 amide bonds. The van der Waals surface area contributed by atoms with Gasteiger partial charge in [-0.05, 0) is 18.9 Å². The van der Waals surface area contributed by atoms with E-state index < -0.39 is 45.7 Å². The van der Waals surface area contributed by atoms with Crippen molar-refractivity contribution in [3.8, 4) is 0 Å². The van der Waals surface area contributed by atoms with Crippen molar-refractivity contribution in [1.29, 1.82) is 0 Å². The lowest BCUT2D eigenvalue weighted by Gasteiger charge is -2.21. The van der Waals surface area contributed by atoms with E-state index in [9.17, 15) is 28.5 Å². The highest BCUT2D eigenvalue weighted by molar-refractivity contribution is 6.00. The van der Waals surface area contributed by atoms with Crippen molar-refractivity contribution in [3.63, 3.8) is 0 Å². The minimum Gasteiger partial charge on any atom is -0.480 e. The normalized spacial score (nSPS) is 17.8. The van der Waals surface area contributed by atoms with Gasteiger partial charge in [0.25, 0.3) is 11.6 Å². The third kappa shape index (κ3) is 2.67. The van der Waals surface area contributed by atoms with Crippen LogP contribution >= 0.6 is 0 Å². The van der Waals surface area contributed by atoms with Crippen LogP contribution in [0.4, 0.5) is 14.5 Å². The van der Waals surface area contributed by atoms with E-state index in [0.29, 0.717) is 18.6 Å². The van der Waals surface area contributed by atoms with Gasteiger partial charge in [-0.3, -0.25) is 14.9 Å². The molecule has 112 valence electrons. The lowest BCUT2D eigenvalue weighted by atomic mass is 10.1. The number of hydrogen-bond acceptors (Lipinski definition) is 4. The van der Waals surface area contributed by atoms with E-state index in [0.717, 1.165) is 4.90 Å². The number of benzene rings is 1. The standard InChI is InChI=1S/C12H10F2N2O5/c13-7-4-6(10(16(20)21)5-8(7)14)11(17)15-3-1-2-9(15)12(18)19/h4-5,9H,1-3H2,(H,18,19). The highest BCUT2D eigenvalue weighted by Crippen LogP contribution is 2.27. The number of aliphatic carboxylic acids is 1. The van der Waals surface area contributed by atoms with Crippen molar-refractivity contribution in [2.24, 2.45) is 0 Å². The summed E-state index contributed by atoms with van der Waals surface area (Å²) in [5.41, 5.74) is -1.55. The van der Waals surface area contributed by atoms with Crippen LogP contribution in [-0.4, -0.2) is 39.4 Å². The number of nitrogens with zero attached hydrogens (tertiary/aromatic N) is 2. The largest absolute Gasteiger partial charge is 0.480 e. The lowest BCUT2D eigenvalue weighted by molar-refractivity contribution is -0.385. The summed E-state index contributed by atoms with van der Waals surface area (Å²) < 4.78 is 26.3. The van der Waals surface area contributed by atoms with Gasteiger partial charge in [0.1, 0.15) is 11.6 Å². The van der Waals surface area contributed by atoms with Crippen molar-refractivity contribution in [2.75, 3.05) is 6.54 Å². The molecular weight excluding hydrogens is 290 g/mol. The first kappa shape index (κ1) is 14.8. The summed E-state index contributed by atoms with van der Waals surface area (Å²) in [6.45, 7) is 0.0892. The van der Waals surface area contributed by atoms with Crippen molar-refractivity contribution in [2.45, 2.75) is 18.9 Å². The smallest absolute Gasteiger partial charge is 0.326 e. The summed E-state index contributed by atoms with van der Waals surface area (Å²) in [5.74, 6) is -5.10. The molecule has 2 rings (SSSR count). The van der Waals surface area contributed by atoms with Gasteiger partial charge in [-0.1, -0.05) is 0 Å². The van der Waals surface area contributed by atoms with E-state index in [4.69, 9.17) is 5.11 Å². The van der Waals surface area contributed by atoms with E-state index in [-0.39, 0.29) is 13.0 Å². The fourth-order valence-corrected chi connectivity index (χ4v) is 2.28. The molecule has 1 unspecified atom stereocenters. The van der Waals surface area contributed by atoms with Crippen molar-refractivity contribution in [3.05, 3.63) is 39.4 Å². The molecular formula is C12H10F2N2O5. The maximum absolute atomic E-state index is 13.2. The number of carboxylic acids is 1. The molecule has 1 heterocycles. The molecule has 1 aliphatic rings. The van der Waals surface area contributed by atoms with Crippen molar-refractivity contribution < 1.29 is 28.4 Å². The molecule has 1 atom stereocenters. The van der Waals surface area contributed by atoms with Crippen LogP contribution in [0.3, 0.4) is 0 Å². The Morgan fingerprint density at radius 3 is 2.52 bits per heavy atom. The number of nitro groups is 1. The third-order valence-electron chi connectivity index (χ3n) is 3.26. The summed E-state index contributed by atoms with van der Waals surface area (Å²) >= 11 is 0. The number of amides is 1. The van der Waals surface area contributed by atoms with Gasteiger partial charge < -0.3 is 10.0 Å². The first-order chi connectivity index (χ1) is 9.82. The van der Waals surface area contributed by atoms with Crippen LogP contribution < -0.4 is 0 Å². The second kappa shape index (κ2) is 5.43. The number of hydrogen-bond donors (Lipinski definition) is 1. The van der Waals surface area contributed by atoms with Gasteiger partial charge >= 0.3 is 5.97 Å². The molecule has 1 aromatic rings. The maximum Gasteiger partial charge on any atom is 0.326 e. The predicted molar refractivity (Wildman–Crippen MR) is 64.7 cm³/mol. The zero-order chi connectivity index (χ0) is 15.7. The summed E-state index contributed by atoms with van der Waals surface area (Å²) in [7, 11) is 0. The van der Waals surface area contributed by atoms with E-state index >= 15 is 0 Å². The van der Waals surface area contributed by atoms with Crippen LogP contribution in [0.1, 0.15) is 23.2 Å². The molecule has 0 spiro atoms. The molecule has 7 nitrogen and oxygen atoms in total.